The summed E-state index contributed by atoms with van der Waals surface area (Å²) < 4.78 is 11.3. The number of ether oxygens (including phenoxy) is 2. The molecular weight excluding hydrogens is 228 g/mol. The molecule has 0 radical (unpaired) electrons. The fourth-order valence-corrected chi connectivity index (χ4v) is 2.59. The maximum atomic E-state index is 11.2. The van der Waals surface area contributed by atoms with Gasteiger partial charge in [0.2, 0.25) is 0 Å². The van der Waals surface area contributed by atoms with E-state index in [1.165, 1.54) is 12.5 Å². The predicted octanol–water partition coefficient (Wildman–Crippen LogP) is 3.62. The lowest BCUT2D eigenvalue weighted by atomic mass is 9.90. The van der Waals surface area contributed by atoms with E-state index in [0.717, 1.165) is 38.7 Å². The van der Waals surface area contributed by atoms with Crippen LogP contribution in [0.25, 0.3) is 0 Å². The Kier molecular flexibility index (Phi) is 5.86. The molecular formula is C15H26O3. The first-order valence-electron chi connectivity index (χ1n) is 6.97. The second-order valence-corrected chi connectivity index (χ2v) is 5.20. The predicted molar refractivity (Wildman–Crippen MR) is 72.4 cm³/mol. The van der Waals surface area contributed by atoms with E-state index < -0.39 is 0 Å². The average Bonchev–Trinajstić information content (AvgIpc) is 2.76. The van der Waals surface area contributed by atoms with Crippen molar-refractivity contribution in [2.75, 3.05) is 6.61 Å². The molecule has 0 aromatic carbocycles. The Morgan fingerprint density at radius 1 is 1.56 bits per heavy atom. The molecule has 0 saturated carbocycles. The lowest BCUT2D eigenvalue weighted by molar-refractivity contribution is -0.163. The number of allylic oxidation sites excluding steroid dienone is 2. The van der Waals surface area contributed by atoms with Crippen molar-refractivity contribution in [2.24, 2.45) is 0 Å². The van der Waals surface area contributed by atoms with Crippen molar-refractivity contribution in [3.05, 3.63) is 11.6 Å². The summed E-state index contributed by atoms with van der Waals surface area (Å²) in [5.74, 6) is -0.213. The van der Waals surface area contributed by atoms with E-state index >= 15 is 0 Å². The van der Waals surface area contributed by atoms with Crippen LogP contribution in [0, 0.1) is 0 Å². The van der Waals surface area contributed by atoms with E-state index in [2.05, 4.69) is 26.8 Å². The number of rotatable bonds is 6. The number of hydrogen-bond acceptors (Lipinski definition) is 3. The van der Waals surface area contributed by atoms with E-state index in [1.54, 1.807) is 0 Å². The summed E-state index contributed by atoms with van der Waals surface area (Å²) >= 11 is 0. The van der Waals surface area contributed by atoms with Gasteiger partial charge in [-0.3, -0.25) is 4.79 Å². The molecule has 1 fully saturated rings. The topological polar surface area (TPSA) is 35.5 Å². The van der Waals surface area contributed by atoms with Crippen molar-refractivity contribution in [1.29, 1.82) is 0 Å². The number of carbonyl (C=O) groups excluding carboxylic acids is 1. The van der Waals surface area contributed by atoms with Gasteiger partial charge in [0.25, 0.3) is 0 Å². The van der Waals surface area contributed by atoms with E-state index in [0.29, 0.717) is 0 Å². The summed E-state index contributed by atoms with van der Waals surface area (Å²) in [6.07, 6.45) is 6.94. The van der Waals surface area contributed by atoms with Crippen molar-refractivity contribution in [3.63, 3.8) is 0 Å². The van der Waals surface area contributed by atoms with Crippen molar-refractivity contribution >= 4 is 5.97 Å². The summed E-state index contributed by atoms with van der Waals surface area (Å²) in [5, 5.41) is 0. The van der Waals surface area contributed by atoms with Gasteiger partial charge >= 0.3 is 5.97 Å². The maximum absolute atomic E-state index is 11.2. The maximum Gasteiger partial charge on any atom is 0.303 e. The molecule has 18 heavy (non-hydrogen) atoms. The van der Waals surface area contributed by atoms with Crippen LogP contribution in [0.4, 0.5) is 0 Å². The van der Waals surface area contributed by atoms with Crippen LogP contribution in [0.1, 0.15) is 59.8 Å². The zero-order valence-corrected chi connectivity index (χ0v) is 12.1. The largest absolute Gasteiger partial charge is 0.459 e. The van der Waals surface area contributed by atoms with Gasteiger partial charge in [0.05, 0.1) is 0 Å². The van der Waals surface area contributed by atoms with Crippen LogP contribution < -0.4 is 0 Å². The van der Waals surface area contributed by atoms with Crippen LogP contribution in [0.2, 0.25) is 0 Å². The van der Waals surface area contributed by atoms with Crippen LogP contribution >= 0.6 is 0 Å². The summed E-state index contributed by atoms with van der Waals surface area (Å²) in [6, 6.07) is 0. The van der Waals surface area contributed by atoms with Crippen molar-refractivity contribution in [3.8, 4) is 0 Å². The number of esters is 1. The highest BCUT2D eigenvalue weighted by Crippen LogP contribution is 2.33. The highest BCUT2D eigenvalue weighted by Gasteiger charge is 2.40. The fraction of sp³-hybridized carbons (Fsp3) is 0.800. The molecule has 0 aromatic rings. The van der Waals surface area contributed by atoms with Gasteiger partial charge in [-0.05, 0) is 46.0 Å². The molecule has 0 aromatic heterocycles. The molecule has 0 amide bonds. The molecule has 0 N–H and O–H groups in total. The van der Waals surface area contributed by atoms with Crippen LogP contribution in [0.5, 0.6) is 0 Å². The minimum atomic E-state index is -0.293. The van der Waals surface area contributed by atoms with Gasteiger partial charge in [-0.15, -0.1) is 0 Å². The molecule has 0 bridgehead atoms. The smallest absolute Gasteiger partial charge is 0.303 e. The van der Waals surface area contributed by atoms with E-state index in [4.69, 9.17) is 9.47 Å². The molecule has 1 rings (SSSR count). The third-order valence-electron chi connectivity index (χ3n) is 3.83. The molecule has 3 nitrogen and oxygen atoms in total. The Morgan fingerprint density at radius 2 is 2.28 bits per heavy atom. The van der Waals surface area contributed by atoms with Crippen molar-refractivity contribution in [2.45, 2.75) is 71.5 Å². The summed E-state index contributed by atoms with van der Waals surface area (Å²) in [4.78, 5) is 11.2. The first kappa shape index (κ1) is 15.2. The van der Waals surface area contributed by atoms with Gasteiger partial charge in [-0.25, -0.2) is 0 Å². The van der Waals surface area contributed by atoms with Crippen molar-refractivity contribution in [1.82, 2.24) is 0 Å². The quantitative estimate of drug-likeness (QED) is 0.536. The zero-order valence-electron chi connectivity index (χ0n) is 12.1. The molecule has 0 aliphatic carbocycles. The Hall–Kier alpha value is -0.830. The molecule has 1 saturated heterocycles. The fourth-order valence-electron chi connectivity index (χ4n) is 2.59. The Bertz CT molecular complexity index is 301. The first-order chi connectivity index (χ1) is 8.51. The van der Waals surface area contributed by atoms with Gasteiger partial charge in [0.1, 0.15) is 11.7 Å². The number of carbonyl (C=O) groups is 1. The molecule has 0 spiro atoms. The third-order valence-corrected chi connectivity index (χ3v) is 3.83. The van der Waals surface area contributed by atoms with Crippen LogP contribution in [-0.2, 0) is 14.3 Å². The SMILES string of the molecule is C/C=C(\CC)CC[C@@H](OC(C)=O)[C@]1(C)CCCO1. The Morgan fingerprint density at radius 3 is 2.72 bits per heavy atom. The summed E-state index contributed by atoms with van der Waals surface area (Å²) in [5.41, 5.74) is 1.12. The highest BCUT2D eigenvalue weighted by molar-refractivity contribution is 5.66. The van der Waals surface area contributed by atoms with Gasteiger partial charge < -0.3 is 9.47 Å². The normalized spacial score (nSPS) is 26.1. The zero-order chi connectivity index (χ0) is 13.6. The lowest BCUT2D eigenvalue weighted by Crippen LogP contribution is -2.41. The lowest BCUT2D eigenvalue weighted by Gasteiger charge is -2.32. The monoisotopic (exact) mass is 254 g/mol. The molecule has 0 unspecified atom stereocenters. The second-order valence-electron chi connectivity index (χ2n) is 5.20. The Labute approximate surface area is 111 Å². The van der Waals surface area contributed by atoms with Gasteiger partial charge in [0.15, 0.2) is 0 Å². The molecule has 2 atom stereocenters. The molecule has 1 aliphatic heterocycles. The molecule has 3 heteroatoms. The minimum Gasteiger partial charge on any atom is -0.459 e. The standard InChI is InChI=1S/C15H26O3/c1-5-13(6-2)8-9-14(18-12(3)16)15(4)10-7-11-17-15/h5,14H,6-11H2,1-4H3/b13-5+/t14-,15+/m1/s1. The molecule has 1 aliphatic rings. The van der Waals surface area contributed by atoms with E-state index in [9.17, 15) is 4.79 Å². The first-order valence-corrected chi connectivity index (χ1v) is 6.97. The van der Waals surface area contributed by atoms with Crippen molar-refractivity contribution < 1.29 is 14.3 Å². The number of hydrogen-bond donors (Lipinski definition) is 0. The van der Waals surface area contributed by atoms with Crippen LogP contribution in [-0.4, -0.2) is 24.3 Å². The molecule has 1 heterocycles. The second kappa shape index (κ2) is 6.93. The average molecular weight is 254 g/mol. The third kappa shape index (κ3) is 4.13. The van der Waals surface area contributed by atoms with E-state index in [1.807, 2.05) is 0 Å². The Balaban J connectivity index is 2.63. The molecule has 104 valence electrons. The van der Waals surface area contributed by atoms with Crippen LogP contribution in [0.15, 0.2) is 11.6 Å². The highest BCUT2D eigenvalue weighted by atomic mass is 16.6. The van der Waals surface area contributed by atoms with Gasteiger partial charge in [0, 0.05) is 13.5 Å². The van der Waals surface area contributed by atoms with E-state index in [-0.39, 0.29) is 17.7 Å². The van der Waals surface area contributed by atoms with Gasteiger partial charge in [-0.1, -0.05) is 18.6 Å². The summed E-state index contributed by atoms with van der Waals surface area (Å²) in [6.45, 7) is 8.53. The summed E-state index contributed by atoms with van der Waals surface area (Å²) in [7, 11) is 0. The van der Waals surface area contributed by atoms with Crippen LogP contribution in [0.3, 0.4) is 0 Å². The van der Waals surface area contributed by atoms with Gasteiger partial charge in [-0.2, -0.15) is 0 Å². The minimum absolute atomic E-state index is 0.126.